The minimum atomic E-state index is -3.61. The summed E-state index contributed by atoms with van der Waals surface area (Å²) >= 11 is 0. The van der Waals surface area contributed by atoms with E-state index in [2.05, 4.69) is 0 Å². The van der Waals surface area contributed by atoms with E-state index in [-0.39, 0.29) is 5.56 Å². The van der Waals surface area contributed by atoms with E-state index in [1.165, 1.54) is 17.6 Å². The monoisotopic (exact) mass is 270 g/mol. The second-order valence-corrected chi connectivity index (χ2v) is 4.56. The van der Waals surface area contributed by atoms with Gasteiger partial charge in [0.05, 0.1) is 0 Å². The normalized spacial score (nSPS) is 17.2. The number of carbonyl (C=O) groups excluding carboxylic acids is 1. The first-order valence-corrected chi connectivity index (χ1v) is 6.12. The number of rotatable bonds is 3. The van der Waals surface area contributed by atoms with Crippen molar-refractivity contribution < 1.29 is 18.3 Å². The number of hydrogen-bond acceptors (Lipinski definition) is 3. The molecule has 2 rings (SSSR count). The quantitative estimate of drug-likeness (QED) is 0.499. The molecule has 0 aromatic heterocycles. The molecule has 1 aromatic carbocycles. The van der Waals surface area contributed by atoms with Crippen molar-refractivity contribution in [2.24, 2.45) is 5.84 Å². The van der Waals surface area contributed by atoms with Gasteiger partial charge in [0.1, 0.15) is 0 Å². The average Bonchev–Trinajstić information content (AvgIpc) is 2.47. The van der Waals surface area contributed by atoms with Crippen LogP contribution in [0.4, 0.5) is 8.78 Å². The van der Waals surface area contributed by atoms with Crippen LogP contribution in [0.2, 0.25) is 0 Å². The molecule has 4 nitrogen and oxygen atoms in total. The SMILES string of the molecule is NNC(=O)C(F)(F)c1ccc(C2CCOCC2)cc1. The van der Waals surface area contributed by atoms with Gasteiger partial charge in [-0.15, -0.1) is 0 Å². The molecule has 0 saturated carbocycles. The van der Waals surface area contributed by atoms with Crippen LogP contribution in [0.25, 0.3) is 0 Å². The molecule has 0 radical (unpaired) electrons. The number of nitrogens with two attached hydrogens (primary N) is 1. The zero-order chi connectivity index (χ0) is 13.9. The molecule has 1 aliphatic heterocycles. The second kappa shape index (κ2) is 5.63. The van der Waals surface area contributed by atoms with Crippen molar-refractivity contribution in [3.05, 3.63) is 35.4 Å². The highest BCUT2D eigenvalue weighted by atomic mass is 19.3. The smallest absolute Gasteiger partial charge is 0.351 e. The topological polar surface area (TPSA) is 64.3 Å². The van der Waals surface area contributed by atoms with Gasteiger partial charge in [0.2, 0.25) is 0 Å². The Kier molecular flexibility index (Phi) is 4.11. The van der Waals surface area contributed by atoms with Gasteiger partial charge in [-0.1, -0.05) is 24.3 Å². The number of hydrogen-bond donors (Lipinski definition) is 2. The molecular weight excluding hydrogens is 254 g/mol. The Bertz CT molecular complexity index is 442. The lowest BCUT2D eigenvalue weighted by molar-refractivity contribution is -0.147. The van der Waals surface area contributed by atoms with Crippen LogP contribution in [0.15, 0.2) is 24.3 Å². The predicted molar refractivity (Wildman–Crippen MR) is 65.5 cm³/mol. The van der Waals surface area contributed by atoms with Crippen LogP contribution < -0.4 is 11.3 Å². The average molecular weight is 270 g/mol. The van der Waals surface area contributed by atoms with Gasteiger partial charge in [0.15, 0.2) is 0 Å². The minimum absolute atomic E-state index is 0.333. The molecule has 0 aliphatic carbocycles. The standard InChI is InChI=1S/C13H16F2N2O2/c14-13(15,12(18)17-16)11-3-1-9(2-4-11)10-5-7-19-8-6-10/h1-4,10H,5-8,16H2,(H,17,18). The van der Waals surface area contributed by atoms with Gasteiger partial charge in [-0.05, 0) is 24.3 Å². The van der Waals surface area contributed by atoms with Crippen molar-refractivity contribution in [2.75, 3.05) is 13.2 Å². The Morgan fingerprint density at radius 1 is 1.26 bits per heavy atom. The van der Waals surface area contributed by atoms with E-state index in [0.717, 1.165) is 18.4 Å². The maximum Gasteiger partial charge on any atom is 0.351 e. The van der Waals surface area contributed by atoms with E-state index in [4.69, 9.17) is 10.6 Å². The second-order valence-electron chi connectivity index (χ2n) is 4.56. The van der Waals surface area contributed by atoms with Gasteiger partial charge in [-0.3, -0.25) is 10.2 Å². The summed E-state index contributed by atoms with van der Waals surface area (Å²) in [6.45, 7) is 1.39. The first kappa shape index (κ1) is 13.9. The molecule has 0 atom stereocenters. The van der Waals surface area contributed by atoms with Crippen LogP contribution in [-0.2, 0) is 15.5 Å². The zero-order valence-electron chi connectivity index (χ0n) is 10.4. The van der Waals surface area contributed by atoms with Crippen molar-refractivity contribution in [3.63, 3.8) is 0 Å². The molecule has 0 unspecified atom stereocenters. The highest BCUT2D eigenvalue weighted by molar-refractivity contribution is 5.84. The molecule has 1 aliphatic rings. The van der Waals surface area contributed by atoms with Crippen molar-refractivity contribution in [1.82, 2.24) is 5.43 Å². The van der Waals surface area contributed by atoms with Crippen LogP contribution in [0.1, 0.15) is 29.9 Å². The summed E-state index contributed by atoms with van der Waals surface area (Å²) in [6, 6.07) is 5.84. The van der Waals surface area contributed by atoms with Crippen LogP contribution >= 0.6 is 0 Å². The van der Waals surface area contributed by atoms with E-state index in [1.807, 2.05) is 0 Å². The van der Waals surface area contributed by atoms with E-state index in [1.54, 1.807) is 12.1 Å². The van der Waals surface area contributed by atoms with Crippen LogP contribution in [-0.4, -0.2) is 19.1 Å². The molecule has 1 fully saturated rings. The number of hydrazine groups is 1. The summed E-state index contributed by atoms with van der Waals surface area (Å²) in [5.41, 5.74) is 2.12. The Morgan fingerprint density at radius 3 is 2.37 bits per heavy atom. The minimum Gasteiger partial charge on any atom is -0.381 e. The van der Waals surface area contributed by atoms with Gasteiger partial charge in [0, 0.05) is 18.8 Å². The summed E-state index contributed by atoms with van der Waals surface area (Å²) in [7, 11) is 0. The summed E-state index contributed by atoms with van der Waals surface area (Å²) in [4.78, 5) is 11.0. The number of amides is 1. The van der Waals surface area contributed by atoms with E-state index < -0.39 is 11.8 Å². The molecular formula is C13H16F2N2O2. The summed E-state index contributed by atoms with van der Waals surface area (Å²) in [5, 5.41) is 0. The number of nitrogens with one attached hydrogen (secondary N) is 1. The third-order valence-corrected chi connectivity index (χ3v) is 3.38. The fourth-order valence-electron chi connectivity index (χ4n) is 2.22. The number of alkyl halides is 2. The van der Waals surface area contributed by atoms with Gasteiger partial charge >= 0.3 is 11.8 Å². The molecule has 1 heterocycles. The van der Waals surface area contributed by atoms with Crippen molar-refractivity contribution in [2.45, 2.75) is 24.7 Å². The third-order valence-electron chi connectivity index (χ3n) is 3.38. The number of ether oxygens (including phenoxy) is 1. The molecule has 1 aromatic rings. The lowest BCUT2D eigenvalue weighted by Gasteiger charge is -2.23. The molecule has 1 amide bonds. The van der Waals surface area contributed by atoms with Gasteiger partial charge in [0.25, 0.3) is 0 Å². The summed E-state index contributed by atoms with van der Waals surface area (Å²) in [5.74, 6) is -0.0342. The molecule has 104 valence electrons. The van der Waals surface area contributed by atoms with Gasteiger partial charge < -0.3 is 4.74 Å². The summed E-state index contributed by atoms with van der Waals surface area (Å²) in [6.07, 6.45) is 1.78. The Balaban J connectivity index is 2.15. The van der Waals surface area contributed by atoms with Crippen LogP contribution in [0.3, 0.4) is 0 Å². The number of benzene rings is 1. The fourth-order valence-corrected chi connectivity index (χ4v) is 2.22. The molecule has 19 heavy (non-hydrogen) atoms. The fraction of sp³-hybridized carbons (Fsp3) is 0.462. The Morgan fingerprint density at radius 2 is 1.84 bits per heavy atom. The van der Waals surface area contributed by atoms with Crippen molar-refractivity contribution in [1.29, 1.82) is 0 Å². The highest BCUT2D eigenvalue weighted by Crippen LogP contribution is 2.31. The zero-order valence-corrected chi connectivity index (χ0v) is 10.4. The largest absolute Gasteiger partial charge is 0.381 e. The first-order valence-electron chi connectivity index (χ1n) is 6.12. The van der Waals surface area contributed by atoms with Crippen LogP contribution in [0.5, 0.6) is 0 Å². The van der Waals surface area contributed by atoms with Crippen LogP contribution in [0, 0.1) is 0 Å². The number of halogens is 2. The molecule has 0 bridgehead atoms. The van der Waals surface area contributed by atoms with Gasteiger partial charge in [-0.2, -0.15) is 8.78 Å². The molecule has 3 N–H and O–H groups in total. The maximum atomic E-state index is 13.6. The van der Waals surface area contributed by atoms with Gasteiger partial charge in [-0.25, -0.2) is 5.84 Å². The summed E-state index contributed by atoms with van der Waals surface area (Å²) < 4.78 is 32.5. The first-order chi connectivity index (χ1) is 9.05. The third kappa shape index (κ3) is 2.90. The lowest BCUT2D eigenvalue weighted by Crippen LogP contribution is -2.42. The van der Waals surface area contributed by atoms with Crippen molar-refractivity contribution in [3.8, 4) is 0 Å². The highest BCUT2D eigenvalue weighted by Gasteiger charge is 2.40. The van der Waals surface area contributed by atoms with E-state index >= 15 is 0 Å². The maximum absolute atomic E-state index is 13.6. The number of carbonyl (C=O) groups is 1. The molecule has 6 heteroatoms. The molecule has 0 spiro atoms. The van der Waals surface area contributed by atoms with E-state index in [0.29, 0.717) is 19.1 Å². The van der Waals surface area contributed by atoms with Crippen molar-refractivity contribution >= 4 is 5.91 Å². The lowest BCUT2D eigenvalue weighted by atomic mass is 9.90. The molecule has 1 saturated heterocycles. The Labute approximate surface area is 109 Å². The van der Waals surface area contributed by atoms with E-state index in [9.17, 15) is 13.6 Å². The predicted octanol–water partition coefficient (Wildman–Crippen LogP) is 1.66. The Hall–Kier alpha value is -1.53.